The second-order valence-corrected chi connectivity index (χ2v) is 4.22. The molecule has 1 amide bonds. The van der Waals surface area contributed by atoms with Gasteiger partial charge in [0.25, 0.3) is 5.91 Å². The van der Waals surface area contributed by atoms with Crippen molar-refractivity contribution in [1.29, 1.82) is 0 Å². The number of pyridine rings is 1. The van der Waals surface area contributed by atoms with Gasteiger partial charge < -0.3 is 14.7 Å². The molecule has 1 aliphatic rings. The number of hydrogen-bond acceptors (Lipinski definition) is 4. The number of carboxylic acids is 1. The third-order valence-corrected chi connectivity index (χ3v) is 2.75. The first-order valence-corrected chi connectivity index (χ1v) is 5.65. The second-order valence-electron chi connectivity index (χ2n) is 4.22. The van der Waals surface area contributed by atoms with Crippen molar-refractivity contribution in [3.8, 4) is 0 Å². The molecule has 1 unspecified atom stereocenters. The van der Waals surface area contributed by atoms with Gasteiger partial charge in [0.15, 0.2) is 6.10 Å². The highest BCUT2D eigenvalue weighted by Gasteiger charge is 2.32. The summed E-state index contributed by atoms with van der Waals surface area (Å²) in [6.45, 7) is 2.22. The highest BCUT2D eigenvalue weighted by Crippen LogP contribution is 2.14. The van der Waals surface area contributed by atoms with E-state index in [2.05, 4.69) is 4.98 Å². The molecule has 0 bridgehead atoms. The number of aromatic nitrogens is 1. The molecule has 1 aromatic heterocycles. The minimum absolute atomic E-state index is 0.0703. The maximum Gasteiger partial charge on any atom is 0.334 e. The lowest BCUT2D eigenvalue weighted by Crippen LogP contribution is -2.51. The smallest absolute Gasteiger partial charge is 0.334 e. The Balaban J connectivity index is 2.13. The van der Waals surface area contributed by atoms with Gasteiger partial charge in [-0.3, -0.25) is 9.78 Å². The van der Waals surface area contributed by atoms with Crippen LogP contribution in [-0.2, 0) is 9.53 Å². The van der Waals surface area contributed by atoms with Crippen molar-refractivity contribution < 1.29 is 19.4 Å². The van der Waals surface area contributed by atoms with Gasteiger partial charge in [0.2, 0.25) is 0 Å². The molecule has 0 saturated carbocycles. The first kappa shape index (κ1) is 12.5. The molecule has 18 heavy (non-hydrogen) atoms. The molecule has 2 atom stereocenters. The Morgan fingerprint density at radius 3 is 2.67 bits per heavy atom. The molecule has 1 fully saturated rings. The van der Waals surface area contributed by atoms with Crippen molar-refractivity contribution in [3.05, 3.63) is 30.1 Å². The summed E-state index contributed by atoms with van der Waals surface area (Å²) in [4.78, 5) is 28.4. The van der Waals surface area contributed by atoms with Crippen LogP contribution < -0.4 is 0 Å². The van der Waals surface area contributed by atoms with E-state index in [-0.39, 0.29) is 18.6 Å². The fraction of sp³-hybridized carbons (Fsp3) is 0.417. The topological polar surface area (TPSA) is 79.7 Å². The second kappa shape index (κ2) is 5.14. The van der Waals surface area contributed by atoms with Gasteiger partial charge in [-0.15, -0.1) is 0 Å². The summed E-state index contributed by atoms with van der Waals surface area (Å²) >= 11 is 0. The minimum Gasteiger partial charge on any atom is -0.479 e. The summed E-state index contributed by atoms with van der Waals surface area (Å²) in [5.74, 6) is -1.24. The fourth-order valence-corrected chi connectivity index (χ4v) is 1.93. The van der Waals surface area contributed by atoms with Crippen molar-refractivity contribution in [2.75, 3.05) is 13.1 Å². The normalized spacial score (nSPS) is 23.7. The van der Waals surface area contributed by atoms with E-state index in [0.29, 0.717) is 12.1 Å². The van der Waals surface area contributed by atoms with E-state index in [1.54, 1.807) is 19.1 Å². The van der Waals surface area contributed by atoms with Crippen LogP contribution in [0.15, 0.2) is 24.5 Å². The van der Waals surface area contributed by atoms with E-state index in [1.165, 1.54) is 17.3 Å². The summed E-state index contributed by atoms with van der Waals surface area (Å²) in [5, 5.41) is 8.95. The number of carboxylic acid groups (broad SMARTS) is 1. The van der Waals surface area contributed by atoms with Crippen molar-refractivity contribution in [3.63, 3.8) is 0 Å². The standard InChI is InChI=1S/C12H14N2O4/c1-8-6-14(7-10(18-8)12(16)17)11(15)9-2-4-13-5-3-9/h2-5,8,10H,6-7H2,1H3,(H,16,17)/t8-,10?/m1/s1. The zero-order chi connectivity index (χ0) is 13.1. The van der Waals surface area contributed by atoms with Crippen molar-refractivity contribution in [2.24, 2.45) is 0 Å². The van der Waals surface area contributed by atoms with E-state index < -0.39 is 12.1 Å². The highest BCUT2D eigenvalue weighted by atomic mass is 16.5. The number of ether oxygens (including phenoxy) is 1. The van der Waals surface area contributed by atoms with Gasteiger partial charge in [-0.25, -0.2) is 4.79 Å². The molecule has 6 heteroatoms. The molecule has 0 aromatic carbocycles. The molecular formula is C12H14N2O4. The molecule has 2 heterocycles. The van der Waals surface area contributed by atoms with Crippen LogP contribution in [0.2, 0.25) is 0 Å². The van der Waals surface area contributed by atoms with E-state index in [4.69, 9.17) is 9.84 Å². The maximum absolute atomic E-state index is 12.2. The predicted octanol–water partition coefficient (Wildman–Crippen LogP) is 0.396. The molecule has 6 nitrogen and oxygen atoms in total. The lowest BCUT2D eigenvalue weighted by atomic mass is 10.1. The largest absolute Gasteiger partial charge is 0.479 e. The van der Waals surface area contributed by atoms with Gasteiger partial charge in [0.1, 0.15) is 0 Å². The summed E-state index contributed by atoms with van der Waals surface area (Å²) in [5.41, 5.74) is 0.503. The summed E-state index contributed by atoms with van der Waals surface area (Å²) < 4.78 is 5.26. The molecular weight excluding hydrogens is 236 g/mol. The number of hydrogen-bond donors (Lipinski definition) is 1. The zero-order valence-electron chi connectivity index (χ0n) is 9.94. The number of nitrogens with zero attached hydrogens (tertiary/aromatic N) is 2. The van der Waals surface area contributed by atoms with Crippen molar-refractivity contribution in [2.45, 2.75) is 19.1 Å². The Morgan fingerprint density at radius 2 is 2.06 bits per heavy atom. The maximum atomic E-state index is 12.2. The van der Waals surface area contributed by atoms with Gasteiger partial charge in [-0.05, 0) is 19.1 Å². The van der Waals surface area contributed by atoms with Gasteiger partial charge in [0, 0.05) is 24.5 Å². The Kier molecular flexibility index (Phi) is 3.57. The van der Waals surface area contributed by atoms with Gasteiger partial charge in [-0.2, -0.15) is 0 Å². The zero-order valence-corrected chi connectivity index (χ0v) is 9.94. The first-order chi connectivity index (χ1) is 8.58. The number of rotatable bonds is 2. The van der Waals surface area contributed by atoms with Crippen LogP contribution in [0.4, 0.5) is 0 Å². The van der Waals surface area contributed by atoms with Crippen LogP contribution in [0.1, 0.15) is 17.3 Å². The molecule has 1 aliphatic heterocycles. The van der Waals surface area contributed by atoms with Crippen molar-refractivity contribution in [1.82, 2.24) is 9.88 Å². The van der Waals surface area contributed by atoms with Gasteiger partial charge in [-0.1, -0.05) is 0 Å². The molecule has 96 valence electrons. The summed E-state index contributed by atoms with van der Waals surface area (Å²) in [7, 11) is 0. The number of aliphatic carboxylic acids is 1. The minimum atomic E-state index is -1.05. The summed E-state index contributed by atoms with van der Waals surface area (Å²) in [6.07, 6.45) is 1.82. The van der Waals surface area contributed by atoms with Gasteiger partial charge in [0.05, 0.1) is 12.6 Å². The first-order valence-electron chi connectivity index (χ1n) is 5.65. The molecule has 2 rings (SSSR count). The van der Waals surface area contributed by atoms with E-state index in [0.717, 1.165) is 0 Å². The lowest BCUT2D eigenvalue weighted by Gasteiger charge is -2.34. The SMILES string of the molecule is C[C@@H]1CN(C(=O)c2ccncc2)CC(C(=O)O)O1. The van der Waals surface area contributed by atoms with Crippen LogP contribution in [-0.4, -0.2) is 52.2 Å². The Labute approximate surface area is 104 Å². The number of morpholine rings is 1. The van der Waals surface area contributed by atoms with E-state index in [9.17, 15) is 9.59 Å². The Hall–Kier alpha value is -1.95. The molecule has 1 aromatic rings. The highest BCUT2D eigenvalue weighted by molar-refractivity contribution is 5.94. The molecule has 0 radical (unpaired) electrons. The van der Waals surface area contributed by atoms with Crippen LogP contribution >= 0.6 is 0 Å². The molecule has 0 aliphatic carbocycles. The summed E-state index contributed by atoms with van der Waals surface area (Å²) in [6, 6.07) is 3.22. The number of amides is 1. The Morgan fingerprint density at radius 1 is 1.39 bits per heavy atom. The number of carbonyl (C=O) groups is 2. The average molecular weight is 250 g/mol. The van der Waals surface area contributed by atoms with Crippen molar-refractivity contribution >= 4 is 11.9 Å². The Bertz CT molecular complexity index is 449. The lowest BCUT2D eigenvalue weighted by molar-refractivity contribution is -0.160. The number of carbonyl (C=O) groups excluding carboxylic acids is 1. The monoisotopic (exact) mass is 250 g/mol. The van der Waals surface area contributed by atoms with Crippen LogP contribution in [0, 0.1) is 0 Å². The van der Waals surface area contributed by atoms with Crippen LogP contribution in [0.5, 0.6) is 0 Å². The van der Waals surface area contributed by atoms with Crippen LogP contribution in [0.25, 0.3) is 0 Å². The van der Waals surface area contributed by atoms with Crippen LogP contribution in [0.3, 0.4) is 0 Å². The molecule has 1 N–H and O–H groups in total. The quantitative estimate of drug-likeness (QED) is 0.821. The van der Waals surface area contributed by atoms with E-state index in [1.807, 2.05) is 0 Å². The average Bonchev–Trinajstić information content (AvgIpc) is 2.38. The fourth-order valence-electron chi connectivity index (χ4n) is 1.93. The third-order valence-electron chi connectivity index (χ3n) is 2.75. The predicted molar refractivity (Wildman–Crippen MR) is 62.1 cm³/mol. The third kappa shape index (κ3) is 2.65. The van der Waals surface area contributed by atoms with Gasteiger partial charge >= 0.3 is 5.97 Å². The molecule has 0 spiro atoms. The van der Waals surface area contributed by atoms with E-state index >= 15 is 0 Å². The molecule has 1 saturated heterocycles.